The van der Waals surface area contributed by atoms with Gasteiger partial charge < -0.3 is 9.84 Å². The van der Waals surface area contributed by atoms with E-state index in [1.54, 1.807) is 20.8 Å². The van der Waals surface area contributed by atoms with Crippen LogP contribution in [0.2, 0.25) is 0 Å². The van der Waals surface area contributed by atoms with Gasteiger partial charge in [-0.2, -0.15) is 0 Å². The molecule has 0 bridgehead atoms. The SMILES string of the molecule is CC(C)[C@H]1CCCN(C(=O)OC(C)(C)C)[C@H]1C(=O)O. The average molecular weight is 271 g/mol. The summed E-state index contributed by atoms with van der Waals surface area (Å²) in [5.74, 6) is -0.727. The van der Waals surface area contributed by atoms with Gasteiger partial charge in [-0.3, -0.25) is 4.90 Å². The number of hydrogen-bond donors (Lipinski definition) is 1. The van der Waals surface area contributed by atoms with Gasteiger partial charge in [-0.25, -0.2) is 9.59 Å². The molecule has 0 saturated carbocycles. The Hall–Kier alpha value is -1.26. The maximum atomic E-state index is 12.1. The third-order valence-electron chi connectivity index (χ3n) is 3.42. The summed E-state index contributed by atoms with van der Waals surface area (Å²) in [5, 5.41) is 9.43. The lowest BCUT2D eigenvalue weighted by molar-refractivity contribution is -0.147. The van der Waals surface area contributed by atoms with Gasteiger partial charge in [0.1, 0.15) is 11.6 Å². The number of ether oxygens (including phenoxy) is 1. The fourth-order valence-electron chi connectivity index (χ4n) is 2.57. The summed E-state index contributed by atoms with van der Waals surface area (Å²) in [4.78, 5) is 25.0. The number of rotatable bonds is 2. The van der Waals surface area contributed by atoms with Gasteiger partial charge in [0, 0.05) is 6.54 Å². The number of hydrogen-bond acceptors (Lipinski definition) is 3. The number of carboxylic acids is 1. The van der Waals surface area contributed by atoms with E-state index in [9.17, 15) is 14.7 Å². The molecule has 5 heteroatoms. The van der Waals surface area contributed by atoms with Crippen molar-refractivity contribution in [1.29, 1.82) is 0 Å². The summed E-state index contributed by atoms with van der Waals surface area (Å²) in [7, 11) is 0. The zero-order valence-electron chi connectivity index (χ0n) is 12.5. The molecular weight excluding hydrogens is 246 g/mol. The van der Waals surface area contributed by atoms with E-state index in [2.05, 4.69) is 0 Å². The molecule has 1 saturated heterocycles. The third-order valence-corrected chi connectivity index (χ3v) is 3.42. The van der Waals surface area contributed by atoms with E-state index in [0.29, 0.717) is 6.54 Å². The van der Waals surface area contributed by atoms with Crippen LogP contribution >= 0.6 is 0 Å². The number of likely N-dealkylation sites (tertiary alicyclic amines) is 1. The molecular formula is C14H25NO4. The normalized spacial score (nSPS) is 24.4. The fraction of sp³-hybridized carbons (Fsp3) is 0.857. The molecule has 1 N–H and O–H groups in total. The highest BCUT2D eigenvalue weighted by Gasteiger charge is 2.42. The van der Waals surface area contributed by atoms with Crippen LogP contribution < -0.4 is 0 Å². The van der Waals surface area contributed by atoms with Gasteiger partial charge in [0.2, 0.25) is 0 Å². The molecule has 19 heavy (non-hydrogen) atoms. The summed E-state index contributed by atoms with van der Waals surface area (Å²) in [6.45, 7) is 9.80. The van der Waals surface area contributed by atoms with Crippen LogP contribution in [-0.2, 0) is 9.53 Å². The van der Waals surface area contributed by atoms with Crippen LogP contribution in [0.1, 0.15) is 47.5 Å². The smallest absolute Gasteiger partial charge is 0.411 e. The summed E-state index contributed by atoms with van der Waals surface area (Å²) >= 11 is 0. The number of piperidine rings is 1. The monoisotopic (exact) mass is 271 g/mol. The predicted molar refractivity (Wildman–Crippen MR) is 71.9 cm³/mol. The van der Waals surface area contributed by atoms with Crippen LogP contribution in [0.5, 0.6) is 0 Å². The number of aliphatic carboxylic acids is 1. The zero-order valence-corrected chi connectivity index (χ0v) is 12.5. The van der Waals surface area contributed by atoms with E-state index >= 15 is 0 Å². The Bertz CT molecular complexity index is 346. The lowest BCUT2D eigenvalue weighted by Crippen LogP contribution is -2.54. The van der Waals surface area contributed by atoms with Crippen molar-refractivity contribution in [3.8, 4) is 0 Å². The topological polar surface area (TPSA) is 66.8 Å². The third kappa shape index (κ3) is 4.11. The minimum atomic E-state index is -0.941. The van der Waals surface area contributed by atoms with Crippen molar-refractivity contribution in [2.45, 2.75) is 59.1 Å². The minimum Gasteiger partial charge on any atom is -0.480 e. The first-order valence-corrected chi connectivity index (χ1v) is 6.86. The maximum Gasteiger partial charge on any atom is 0.411 e. The summed E-state index contributed by atoms with van der Waals surface area (Å²) < 4.78 is 5.31. The highest BCUT2D eigenvalue weighted by atomic mass is 16.6. The van der Waals surface area contributed by atoms with Gasteiger partial charge in [-0.15, -0.1) is 0 Å². The van der Waals surface area contributed by atoms with Gasteiger partial charge in [-0.1, -0.05) is 13.8 Å². The quantitative estimate of drug-likeness (QED) is 0.838. The Morgan fingerprint density at radius 3 is 2.32 bits per heavy atom. The first kappa shape index (κ1) is 15.8. The molecule has 5 nitrogen and oxygen atoms in total. The molecule has 0 spiro atoms. The number of nitrogens with zero attached hydrogens (tertiary/aromatic N) is 1. The molecule has 0 unspecified atom stereocenters. The van der Waals surface area contributed by atoms with Crippen molar-refractivity contribution in [2.24, 2.45) is 11.8 Å². The van der Waals surface area contributed by atoms with Crippen molar-refractivity contribution in [3.05, 3.63) is 0 Å². The van der Waals surface area contributed by atoms with Crippen LogP contribution in [0.4, 0.5) is 4.79 Å². The van der Waals surface area contributed by atoms with Crippen LogP contribution in [0.25, 0.3) is 0 Å². The van der Waals surface area contributed by atoms with Crippen molar-refractivity contribution in [2.75, 3.05) is 6.54 Å². The van der Waals surface area contributed by atoms with E-state index in [1.807, 2.05) is 13.8 Å². The molecule has 0 aromatic rings. The molecule has 1 fully saturated rings. The average Bonchev–Trinajstić information content (AvgIpc) is 2.25. The molecule has 1 aliphatic heterocycles. The Morgan fingerprint density at radius 2 is 1.89 bits per heavy atom. The number of carbonyl (C=O) groups excluding carboxylic acids is 1. The molecule has 2 atom stereocenters. The molecule has 110 valence electrons. The second-order valence-corrected chi connectivity index (χ2v) is 6.51. The molecule has 0 aliphatic carbocycles. The van der Waals surface area contributed by atoms with Crippen molar-refractivity contribution < 1.29 is 19.4 Å². The van der Waals surface area contributed by atoms with Gasteiger partial charge in [0.05, 0.1) is 0 Å². The number of carboxylic acid groups (broad SMARTS) is 1. The van der Waals surface area contributed by atoms with E-state index in [4.69, 9.17) is 4.74 Å². The standard InChI is InChI=1S/C14H25NO4/c1-9(2)10-7-6-8-15(11(10)12(16)17)13(18)19-14(3,4)5/h9-11H,6-8H2,1-5H3,(H,16,17)/t10-,11-/m1/s1. The first-order chi connectivity index (χ1) is 8.63. The molecule has 0 aromatic heterocycles. The Morgan fingerprint density at radius 1 is 1.32 bits per heavy atom. The van der Waals surface area contributed by atoms with Crippen molar-refractivity contribution in [3.63, 3.8) is 0 Å². The van der Waals surface area contributed by atoms with E-state index in [0.717, 1.165) is 12.8 Å². The predicted octanol–water partition coefficient (Wildman–Crippen LogP) is 2.74. The molecule has 1 amide bonds. The molecule has 0 aromatic carbocycles. The maximum absolute atomic E-state index is 12.1. The Kier molecular flexibility index (Phi) is 4.82. The Balaban J connectivity index is 2.90. The lowest BCUT2D eigenvalue weighted by atomic mass is 9.81. The molecule has 1 rings (SSSR count). The summed E-state index contributed by atoms with van der Waals surface area (Å²) in [5.41, 5.74) is -0.606. The van der Waals surface area contributed by atoms with E-state index in [-0.39, 0.29) is 11.8 Å². The second kappa shape index (κ2) is 5.80. The van der Waals surface area contributed by atoms with E-state index in [1.165, 1.54) is 4.90 Å². The van der Waals surface area contributed by atoms with Crippen LogP contribution in [0.15, 0.2) is 0 Å². The van der Waals surface area contributed by atoms with Gasteiger partial charge in [0.25, 0.3) is 0 Å². The second-order valence-electron chi connectivity index (χ2n) is 6.51. The summed E-state index contributed by atoms with van der Waals surface area (Å²) in [6, 6.07) is -0.774. The van der Waals surface area contributed by atoms with Crippen molar-refractivity contribution >= 4 is 12.1 Å². The lowest BCUT2D eigenvalue weighted by Gasteiger charge is -2.40. The van der Waals surface area contributed by atoms with Crippen LogP contribution in [0, 0.1) is 11.8 Å². The molecule has 1 heterocycles. The molecule has 1 aliphatic rings. The van der Waals surface area contributed by atoms with Crippen molar-refractivity contribution in [1.82, 2.24) is 4.90 Å². The largest absolute Gasteiger partial charge is 0.480 e. The number of amides is 1. The van der Waals surface area contributed by atoms with Gasteiger partial charge in [0.15, 0.2) is 0 Å². The fourth-order valence-corrected chi connectivity index (χ4v) is 2.57. The van der Waals surface area contributed by atoms with Gasteiger partial charge >= 0.3 is 12.1 Å². The zero-order chi connectivity index (χ0) is 14.8. The number of carbonyl (C=O) groups is 2. The summed E-state index contributed by atoms with van der Waals surface area (Å²) in [6.07, 6.45) is 1.14. The first-order valence-electron chi connectivity index (χ1n) is 6.86. The van der Waals surface area contributed by atoms with Gasteiger partial charge in [-0.05, 0) is 45.4 Å². The highest BCUT2D eigenvalue weighted by Crippen LogP contribution is 2.31. The molecule has 0 radical (unpaired) electrons. The van der Waals surface area contributed by atoms with E-state index < -0.39 is 23.7 Å². The van der Waals surface area contributed by atoms with Crippen LogP contribution in [-0.4, -0.2) is 40.3 Å². The minimum absolute atomic E-state index is 0.0150. The Labute approximate surface area is 114 Å². The highest BCUT2D eigenvalue weighted by molar-refractivity contribution is 5.80. The van der Waals surface area contributed by atoms with Crippen LogP contribution in [0.3, 0.4) is 0 Å².